The maximum absolute atomic E-state index is 13.5. The van der Waals surface area contributed by atoms with Crippen LogP contribution in [0.5, 0.6) is 5.75 Å². The van der Waals surface area contributed by atoms with Crippen LogP contribution in [0.25, 0.3) is 0 Å². The fourth-order valence-corrected chi connectivity index (χ4v) is 6.33. The van der Waals surface area contributed by atoms with E-state index < -0.39 is 28.1 Å². The Morgan fingerprint density at radius 1 is 1.09 bits per heavy atom. The lowest BCUT2D eigenvalue weighted by atomic mass is 9.91. The van der Waals surface area contributed by atoms with E-state index in [0.717, 1.165) is 4.31 Å². The number of hydrogen-bond acceptors (Lipinski definition) is 5. The quantitative estimate of drug-likeness (QED) is 0.710. The number of fused-ring (bicyclic) bond motifs is 1. The number of likely N-dealkylation sites (tertiary alicyclic amines) is 1. The number of piperidine rings is 1. The molecular formula is C22H25N3O6S. The first-order valence-corrected chi connectivity index (χ1v) is 11.8. The third-order valence-electron chi connectivity index (χ3n) is 6.11. The van der Waals surface area contributed by atoms with E-state index in [0.29, 0.717) is 24.4 Å². The Kier molecular flexibility index (Phi) is 6.07. The highest BCUT2D eigenvalue weighted by molar-refractivity contribution is 7.89. The molecule has 0 spiro atoms. The highest BCUT2D eigenvalue weighted by Gasteiger charge is 2.52. The van der Waals surface area contributed by atoms with Crippen molar-refractivity contribution >= 4 is 27.7 Å². The summed E-state index contributed by atoms with van der Waals surface area (Å²) in [4.78, 5) is 26.3. The summed E-state index contributed by atoms with van der Waals surface area (Å²) in [5.74, 6) is -0.818. The Hall–Kier alpha value is -3.11. The van der Waals surface area contributed by atoms with Crippen molar-refractivity contribution in [3.8, 4) is 5.75 Å². The van der Waals surface area contributed by atoms with Crippen LogP contribution >= 0.6 is 0 Å². The average molecular weight is 460 g/mol. The highest BCUT2D eigenvalue weighted by Crippen LogP contribution is 2.40. The second-order valence-corrected chi connectivity index (χ2v) is 9.80. The predicted molar refractivity (Wildman–Crippen MR) is 117 cm³/mol. The Labute approximate surface area is 186 Å². The Balaban J connectivity index is 1.60. The number of carbonyl (C=O) groups is 2. The van der Waals surface area contributed by atoms with Gasteiger partial charge in [0.05, 0.1) is 12.0 Å². The van der Waals surface area contributed by atoms with E-state index in [2.05, 4.69) is 5.32 Å². The zero-order valence-corrected chi connectivity index (χ0v) is 18.4. The van der Waals surface area contributed by atoms with E-state index in [-0.39, 0.29) is 29.8 Å². The maximum Gasteiger partial charge on any atom is 0.322 e. The van der Waals surface area contributed by atoms with Gasteiger partial charge >= 0.3 is 12.0 Å². The second-order valence-electron chi connectivity index (χ2n) is 7.96. The standard InChI is InChI=1S/C22H25N3O6S/c1-31-17-7-9-18(10-8-17)32(29,30)25-19(21(26)27)13-15-11-12-24(14-20(15)25)22(28)23-16-5-3-2-4-6-16/h2-10,15,19-20H,11-14H2,1H3,(H,23,28)(H,26,27)/t15-,19-,20-/m0/s1. The topological polar surface area (TPSA) is 116 Å². The van der Waals surface area contributed by atoms with E-state index >= 15 is 0 Å². The number of para-hydroxylation sites is 1. The first-order valence-electron chi connectivity index (χ1n) is 10.3. The van der Waals surface area contributed by atoms with E-state index in [1.165, 1.54) is 31.4 Å². The van der Waals surface area contributed by atoms with E-state index in [4.69, 9.17) is 4.74 Å². The number of urea groups is 1. The van der Waals surface area contributed by atoms with Crippen molar-refractivity contribution < 1.29 is 27.9 Å². The van der Waals surface area contributed by atoms with Gasteiger partial charge in [-0.05, 0) is 55.2 Å². The first-order chi connectivity index (χ1) is 15.3. The molecule has 9 nitrogen and oxygen atoms in total. The number of carboxylic acid groups (broad SMARTS) is 1. The van der Waals surface area contributed by atoms with Gasteiger partial charge in [0.25, 0.3) is 0 Å². The molecule has 32 heavy (non-hydrogen) atoms. The predicted octanol–water partition coefficient (Wildman–Crippen LogP) is 2.47. The van der Waals surface area contributed by atoms with Gasteiger partial charge in [-0.3, -0.25) is 4.79 Å². The number of amides is 2. The van der Waals surface area contributed by atoms with Gasteiger partial charge in [-0.15, -0.1) is 0 Å². The lowest BCUT2D eigenvalue weighted by Gasteiger charge is -2.38. The van der Waals surface area contributed by atoms with Gasteiger partial charge in [0, 0.05) is 24.8 Å². The number of methoxy groups -OCH3 is 1. The van der Waals surface area contributed by atoms with Crippen LogP contribution in [0, 0.1) is 5.92 Å². The number of benzene rings is 2. The number of ether oxygens (including phenoxy) is 1. The normalized spacial score (nSPS) is 23.4. The van der Waals surface area contributed by atoms with Crippen molar-refractivity contribution in [1.29, 1.82) is 0 Å². The highest BCUT2D eigenvalue weighted by atomic mass is 32.2. The molecule has 2 fully saturated rings. The molecule has 0 radical (unpaired) electrons. The van der Waals surface area contributed by atoms with Crippen molar-refractivity contribution in [1.82, 2.24) is 9.21 Å². The van der Waals surface area contributed by atoms with Crippen LogP contribution in [0.3, 0.4) is 0 Å². The van der Waals surface area contributed by atoms with E-state index in [1.54, 1.807) is 29.2 Å². The van der Waals surface area contributed by atoms with Gasteiger partial charge in [0.2, 0.25) is 10.0 Å². The minimum Gasteiger partial charge on any atom is -0.497 e. The molecule has 170 valence electrons. The summed E-state index contributed by atoms with van der Waals surface area (Å²) in [6, 6.07) is 12.7. The summed E-state index contributed by atoms with van der Waals surface area (Å²) in [6.45, 7) is 0.561. The molecule has 2 saturated heterocycles. The van der Waals surface area contributed by atoms with Gasteiger partial charge in [-0.1, -0.05) is 18.2 Å². The number of carbonyl (C=O) groups excluding carboxylic acids is 1. The van der Waals surface area contributed by atoms with Crippen molar-refractivity contribution in [2.45, 2.75) is 29.8 Å². The van der Waals surface area contributed by atoms with Crippen molar-refractivity contribution in [2.24, 2.45) is 5.92 Å². The number of nitrogens with zero attached hydrogens (tertiary/aromatic N) is 2. The van der Waals surface area contributed by atoms with Crippen molar-refractivity contribution in [3.05, 3.63) is 54.6 Å². The van der Waals surface area contributed by atoms with Crippen molar-refractivity contribution in [3.63, 3.8) is 0 Å². The smallest absolute Gasteiger partial charge is 0.322 e. The Morgan fingerprint density at radius 2 is 1.78 bits per heavy atom. The van der Waals surface area contributed by atoms with Crippen LogP contribution in [0.15, 0.2) is 59.5 Å². The molecule has 2 aromatic rings. The third-order valence-corrected chi connectivity index (χ3v) is 8.06. The third kappa shape index (κ3) is 4.15. The zero-order valence-electron chi connectivity index (χ0n) is 17.5. The maximum atomic E-state index is 13.5. The fourth-order valence-electron chi connectivity index (χ4n) is 4.50. The van der Waals surface area contributed by atoms with Gasteiger partial charge in [0.1, 0.15) is 11.8 Å². The molecule has 4 rings (SSSR count). The number of sulfonamides is 1. The number of rotatable bonds is 5. The van der Waals surface area contributed by atoms with Crippen LogP contribution in [0.1, 0.15) is 12.8 Å². The van der Waals surface area contributed by atoms with Crippen LogP contribution in [0.2, 0.25) is 0 Å². The van der Waals surface area contributed by atoms with Gasteiger partial charge in [-0.2, -0.15) is 4.31 Å². The molecular weight excluding hydrogens is 434 g/mol. The molecule has 0 saturated carbocycles. The summed E-state index contributed by atoms with van der Waals surface area (Å²) in [5.41, 5.74) is 0.636. The Morgan fingerprint density at radius 3 is 2.41 bits per heavy atom. The summed E-state index contributed by atoms with van der Waals surface area (Å²) < 4.78 is 33.1. The van der Waals surface area contributed by atoms with Crippen molar-refractivity contribution in [2.75, 3.05) is 25.5 Å². The van der Waals surface area contributed by atoms with E-state index in [9.17, 15) is 23.1 Å². The molecule has 0 bridgehead atoms. The van der Waals surface area contributed by atoms with Gasteiger partial charge in [0.15, 0.2) is 0 Å². The molecule has 2 N–H and O–H groups in total. The minimum absolute atomic E-state index is 0.00365. The second kappa shape index (κ2) is 8.79. The van der Waals surface area contributed by atoms with Gasteiger partial charge < -0.3 is 20.1 Å². The molecule has 2 aliphatic heterocycles. The summed E-state index contributed by atoms with van der Waals surface area (Å²) >= 11 is 0. The van der Waals surface area contributed by atoms with E-state index in [1.807, 2.05) is 6.07 Å². The van der Waals surface area contributed by atoms with Crippen LogP contribution in [0.4, 0.5) is 10.5 Å². The minimum atomic E-state index is -4.10. The SMILES string of the molecule is COc1ccc(S(=O)(=O)N2[C@H](C(=O)O)C[C@@H]3CCN(C(=O)Nc4ccccc4)C[C@@H]32)cc1. The first kappa shape index (κ1) is 22.1. The lowest BCUT2D eigenvalue weighted by molar-refractivity contribution is -0.141. The number of aliphatic carboxylic acids is 1. The number of nitrogens with one attached hydrogen (secondary N) is 1. The summed E-state index contributed by atoms with van der Waals surface area (Å²) in [7, 11) is -2.62. The molecule has 0 aromatic heterocycles. The van der Waals surface area contributed by atoms with Crippen LogP contribution < -0.4 is 10.1 Å². The molecule has 0 aliphatic carbocycles. The zero-order chi connectivity index (χ0) is 22.9. The molecule has 2 amide bonds. The lowest BCUT2D eigenvalue weighted by Crippen LogP contribution is -2.54. The number of anilines is 1. The monoisotopic (exact) mass is 459 g/mol. The molecule has 2 heterocycles. The molecule has 2 aromatic carbocycles. The van der Waals surface area contributed by atoms with Crippen LogP contribution in [-0.4, -0.2) is 67.0 Å². The van der Waals surface area contributed by atoms with Crippen LogP contribution in [-0.2, 0) is 14.8 Å². The molecule has 0 unspecified atom stereocenters. The molecule has 2 aliphatic rings. The average Bonchev–Trinajstić information content (AvgIpc) is 3.20. The number of hydrogen-bond donors (Lipinski definition) is 2. The largest absolute Gasteiger partial charge is 0.497 e. The Bertz CT molecular complexity index is 1090. The molecule has 10 heteroatoms. The summed E-state index contributed by atoms with van der Waals surface area (Å²) in [6.07, 6.45) is 0.759. The summed E-state index contributed by atoms with van der Waals surface area (Å²) in [5, 5.41) is 12.6. The fraction of sp³-hybridized carbons (Fsp3) is 0.364. The molecule has 3 atom stereocenters. The van der Waals surface area contributed by atoms with Gasteiger partial charge in [-0.25, -0.2) is 13.2 Å². The number of carboxylic acids is 1.